The predicted molar refractivity (Wildman–Crippen MR) is 273 cm³/mol. The van der Waals surface area contributed by atoms with Crippen LogP contribution in [0.2, 0.25) is 0 Å². The lowest BCUT2D eigenvalue weighted by Crippen LogP contribution is -2.50. The lowest BCUT2D eigenvalue weighted by Gasteiger charge is -2.39. The van der Waals surface area contributed by atoms with Gasteiger partial charge in [0.1, 0.15) is 24.2 Å². The number of piperidine rings is 2. The number of hydroxylamine groups is 4. The van der Waals surface area contributed by atoms with Crippen LogP contribution in [-0.4, -0.2) is 176 Å². The highest BCUT2D eigenvalue weighted by molar-refractivity contribution is 7.81. The van der Waals surface area contributed by atoms with Gasteiger partial charge in [0.25, 0.3) is 0 Å². The average Bonchev–Trinajstić information content (AvgIpc) is 4.26. The maximum absolute atomic E-state index is 12.8. The number of urea groups is 2. The zero-order valence-electron chi connectivity index (χ0n) is 45.6. The van der Waals surface area contributed by atoms with E-state index >= 15 is 0 Å². The summed E-state index contributed by atoms with van der Waals surface area (Å²) in [7, 11) is -9.83. The van der Waals surface area contributed by atoms with Crippen molar-refractivity contribution >= 4 is 39.0 Å². The number of aromatic nitrogens is 4. The third-order valence-electron chi connectivity index (χ3n) is 14.8. The maximum atomic E-state index is 12.8. The van der Waals surface area contributed by atoms with Crippen LogP contribution in [0.3, 0.4) is 0 Å². The second kappa shape index (κ2) is 27.5. The molecule has 5 aliphatic heterocycles. The molecule has 5 amide bonds. The van der Waals surface area contributed by atoms with Crippen LogP contribution in [0.15, 0.2) is 8.83 Å². The lowest BCUT2D eigenvalue weighted by atomic mass is 10.0. The molecule has 0 spiro atoms. The molecule has 0 aromatic carbocycles. The molecule has 5 atom stereocenters. The Kier molecular flexibility index (Phi) is 22.1. The van der Waals surface area contributed by atoms with Crippen LogP contribution in [0, 0.1) is 0 Å². The summed E-state index contributed by atoms with van der Waals surface area (Å²) < 4.78 is 90.8. The Morgan fingerprint density at radius 1 is 0.750 bits per heavy atom. The number of rotatable bonds is 24. The molecule has 76 heavy (non-hydrogen) atoms. The molecule has 2 aromatic heterocycles. The smallest absolute Gasteiger partial charge is 0.418 e. The average molecular weight is 1120 g/mol. The maximum Gasteiger partial charge on any atom is 0.418 e. The van der Waals surface area contributed by atoms with E-state index in [-0.39, 0.29) is 37.5 Å². The van der Waals surface area contributed by atoms with Gasteiger partial charge in [0.05, 0.1) is 44.8 Å². The van der Waals surface area contributed by atoms with Gasteiger partial charge in [-0.3, -0.25) is 9.45 Å². The molecular weight excluding hydrogens is 1030 g/mol. The molecule has 1 aliphatic carbocycles. The van der Waals surface area contributed by atoms with E-state index in [9.17, 15) is 35.8 Å². The van der Waals surface area contributed by atoms with Crippen molar-refractivity contribution in [2.75, 3.05) is 52.4 Å². The molecule has 2 aromatic rings. The Morgan fingerprint density at radius 2 is 1.24 bits per heavy atom. The summed E-state index contributed by atoms with van der Waals surface area (Å²) in [5, 5.41) is 24.1. The second-order valence-electron chi connectivity index (χ2n) is 21.8. The largest absolute Gasteiger partial charge is 0.724 e. The highest BCUT2D eigenvalue weighted by Gasteiger charge is 2.50. The molecule has 1 saturated carbocycles. The van der Waals surface area contributed by atoms with Crippen molar-refractivity contribution in [1.29, 1.82) is 0 Å². The van der Waals surface area contributed by atoms with Gasteiger partial charge in [0.15, 0.2) is 0 Å². The van der Waals surface area contributed by atoms with Crippen LogP contribution < -0.4 is 10.6 Å². The number of hydrogen-bond acceptors (Lipinski definition) is 19. The molecule has 3 N–H and O–H groups in total. The number of amides is 5. The fourth-order valence-corrected chi connectivity index (χ4v) is 11.6. The summed E-state index contributed by atoms with van der Waals surface area (Å²) >= 11 is 0. The molecule has 8 rings (SSSR count). The van der Waals surface area contributed by atoms with Gasteiger partial charge in [-0.25, -0.2) is 22.8 Å². The zero-order valence-corrected chi connectivity index (χ0v) is 47.2. The van der Waals surface area contributed by atoms with Gasteiger partial charge >= 0.3 is 28.6 Å². The first-order valence-electron chi connectivity index (χ1n) is 27.5. The van der Waals surface area contributed by atoms with E-state index in [2.05, 4.69) is 67.3 Å². The molecular formula is C48H84N12O14S2. The van der Waals surface area contributed by atoms with E-state index in [1.807, 2.05) is 0 Å². The first kappa shape index (κ1) is 60.9. The van der Waals surface area contributed by atoms with E-state index in [0.29, 0.717) is 60.2 Å². The van der Waals surface area contributed by atoms with E-state index < -0.39 is 68.7 Å². The van der Waals surface area contributed by atoms with Gasteiger partial charge in [0.2, 0.25) is 34.0 Å². The van der Waals surface area contributed by atoms with Crippen molar-refractivity contribution < 1.29 is 66.9 Å². The summed E-state index contributed by atoms with van der Waals surface area (Å²) in [5.41, 5.74) is -0.645. The molecule has 6 aliphatic rings. The summed E-state index contributed by atoms with van der Waals surface area (Å²) in [6, 6.07) is -3.03. The van der Waals surface area contributed by atoms with E-state index in [0.717, 1.165) is 45.2 Å². The Morgan fingerprint density at radius 3 is 1.68 bits per heavy atom. The minimum absolute atomic E-state index is 0.0190. The van der Waals surface area contributed by atoms with E-state index in [1.165, 1.54) is 91.8 Å². The number of nitrogens with zero attached hydrogens (tertiary/aromatic N) is 10. The monoisotopic (exact) mass is 1120 g/mol. The number of hydrogen-bond donors (Lipinski definition) is 3. The first-order valence-corrected chi connectivity index (χ1v) is 30.2. The highest BCUT2D eigenvalue weighted by Crippen LogP contribution is 2.40. The number of carbonyl (C=O) groups excluding carboxylic acids is 3. The van der Waals surface area contributed by atoms with Crippen LogP contribution in [-0.2, 0) is 47.2 Å². The quantitative estimate of drug-likeness (QED) is 0.0591. The van der Waals surface area contributed by atoms with Gasteiger partial charge < -0.3 is 43.0 Å². The van der Waals surface area contributed by atoms with Crippen molar-refractivity contribution in [2.24, 2.45) is 0 Å². The third kappa shape index (κ3) is 17.4. The summed E-state index contributed by atoms with van der Waals surface area (Å²) in [6.07, 6.45) is 17.3. The fourth-order valence-electron chi connectivity index (χ4n) is 10.8. The molecule has 6 fully saturated rings. The van der Waals surface area contributed by atoms with Crippen LogP contribution in [0.1, 0.15) is 193 Å². The fraction of sp³-hybridized carbons (Fsp3) is 0.854. The Labute approximate surface area is 448 Å². The molecule has 7 heterocycles. The number of nitrogens with one attached hydrogen (secondary N) is 2. The molecule has 28 heteroatoms. The molecule has 432 valence electrons. The van der Waals surface area contributed by atoms with Crippen molar-refractivity contribution in [3.05, 3.63) is 23.6 Å². The number of quaternary nitrogens is 1. The zero-order chi connectivity index (χ0) is 55.3. The first-order chi connectivity index (χ1) is 36.1. The molecule has 26 nitrogen and oxygen atoms in total. The summed E-state index contributed by atoms with van der Waals surface area (Å²) in [5.74, 6) is 1.14. The van der Waals surface area contributed by atoms with E-state index in [4.69, 9.17) is 18.1 Å². The van der Waals surface area contributed by atoms with Gasteiger partial charge in [0, 0.05) is 31.7 Å². The van der Waals surface area contributed by atoms with Gasteiger partial charge in [-0.15, -0.1) is 24.7 Å². The second-order valence-corrected chi connectivity index (χ2v) is 23.8. The topological polar surface area (TPSA) is 309 Å². The molecule has 0 radical (unpaired) electrons. The van der Waals surface area contributed by atoms with Gasteiger partial charge in [-0.1, -0.05) is 66.2 Å². The molecule has 5 saturated heterocycles. The van der Waals surface area contributed by atoms with Gasteiger partial charge in [-0.2, -0.15) is 22.8 Å². The van der Waals surface area contributed by atoms with Crippen LogP contribution >= 0.6 is 0 Å². The van der Waals surface area contributed by atoms with Gasteiger partial charge in [-0.05, 0) is 97.9 Å². The van der Waals surface area contributed by atoms with Crippen LogP contribution in [0.4, 0.5) is 14.4 Å². The predicted octanol–water partition coefficient (Wildman–Crippen LogP) is 6.28. The lowest BCUT2D eigenvalue weighted by molar-refractivity contribution is -0.929. The van der Waals surface area contributed by atoms with Crippen molar-refractivity contribution in [1.82, 2.24) is 55.9 Å². The van der Waals surface area contributed by atoms with Crippen molar-refractivity contribution in [3.8, 4) is 0 Å². The number of fused-ring (bicyclic) bond motifs is 4. The molecule has 0 unspecified atom stereocenters. The molecule has 4 bridgehead atoms. The number of unbranched alkanes of at least 4 members (excludes halogenated alkanes) is 4. The van der Waals surface area contributed by atoms with Crippen molar-refractivity contribution in [3.63, 3.8) is 0 Å². The van der Waals surface area contributed by atoms with E-state index in [1.54, 1.807) is 25.7 Å². The Balaban J connectivity index is 0.000000195. The Hall–Kier alpha value is -4.29. The Bertz CT molecular complexity index is 2360. The number of ether oxygens (including phenoxy) is 1. The minimum Gasteiger partial charge on any atom is -0.724 e. The summed E-state index contributed by atoms with van der Waals surface area (Å²) in [6.45, 7) is 23.3. The highest BCUT2D eigenvalue weighted by atomic mass is 32.3. The minimum atomic E-state index is -5.07. The SMILES string of the molecule is CC(C)(C)OC(=O)N(Cc1nnc([C@@H]2CC[C@@H]3CN2C(=O)N3OS(=O)(=O)[O-])o1)C1CCCC1.CCCC[N+](CCCC)(CCCC)CCCC.O=C1N2C[C@@H](CC[C@H]2c2nnc(CN[C@H]3CCNC3)o2)N1OS(=O)(=O)O. The van der Waals surface area contributed by atoms with Crippen LogP contribution in [0.25, 0.3) is 0 Å². The third-order valence-corrected chi connectivity index (χ3v) is 15.5. The standard InChI is InChI=1S/C19H29N5O8S.C16H36N.C13H20N6O6S/c1-19(2,3)31-18(26)22(12-6-4-5-7-12)11-15-20-21-16(30-15)14-9-8-13-10-23(14)17(25)24(13)32-33(27,28)29;1-5-9-13-17(14-10-6-2,15-11-7-3)16-12-8-4;20-13-18-7-9(19(13)25-26(21,22)23)1-2-10(18)12-17-16-11(24-12)6-15-8-3-4-14-5-8/h12-14H,4-11H2,1-3H3,(H,27,28,29);5-16H2,1-4H3;8-10,14-15H,1-7H2,(H,21,22,23)/q;+1;/p-1/t13-,14+;;8-,9+,10-/m1.0/s1. The number of carbonyl (C=O) groups is 3. The van der Waals surface area contributed by atoms with Crippen LogP contribution in [0.5, 0.6) is 0 Å². The summed E-state index contributed by atoms with van der Waals surface area (Å²) in [4.78, 5) is 42.2. The normalized spacial score (nSPS) is 23.0. The van der Waals surface area contributed by atoms with Crippen molar-refractivity contribution in [2.45, 2.75) is 213 Å².